The fraction of sp³-hybridized carbons (Fsp3) is 0.235. The summed E-state index contributed by atoms with van der Waals surface area (Å²) in [5.41, 5.74) is 3.16. The van der Waals surface area contributed by atoms with Crippen molar-refractivity contribution in [3.63, 3.8) is 0 Å². The van der Waals surface area contributed by atoms with Gasteiger partial charge in [-0.05, 0) is 41.4 Å². The second-order valence-electron chi connectivity index (χ2n) is 5.76. The molecular formula is C17H18BrN5O2. The minimum absolute atomic E-state index is 0.257. The molecule has 2 heterocycles. The lowest BCUT2D eigenvalue weighted by Gasteiger charge is -2.09. The van der Waals surface area contributed by atoms with Gasteiger partial charge in [0.05, 0.1) is 22.6 Å². The minimum Gasteiger partial charge on any atom is -0.471 e. The monoisotopic (exact) mass is 403 g/mol. The number of aromatic nitrogens is 4. The molecule has 1 N–H and O–H groups in total. The Balaban J connectivity index is 1.62. The molecule has 0 spiro atoms. The summed E-state index contributed by atoms with van der Waals surface area (Å²) in [6.07, 6.45) is 4.99. The predicted molar refractivity (Wildman–Crippen MR) is 97.6 cm³/mol. The Bertz CT molecular complexity index is 916. The molecule has 0 atom stereocenters. The lowest BCUT2D eigenvalue weighted by Crippen LogP contribution is -2.13. The fourth-order valence-corrected chi connectivity index (χ4v) is 2.96. The van der Waals surface area contributed by atoms with Gasteiger partial charge in [-0.1, -0.05) is 17.7 Å². The van der Waals surface area contributed by atoms with E-state index in [1.807, 2.05) is 26.0 Å². The van der Waals surface area contributed by atoms with Crippen molar-refractivity contribution in [3.8, 4) is 5.75 Å². The molecule has 3 rings (SSSR count). The van der Waals surface area contributed by atoms with Crippen molar-refractivity contribution in [1.29, 1.82) is 0 Å². The molecule has 3 aromatic rings. The zero-order valence-corrected chi connectivity index (χ0v) is 15.7. The molecule has 1 aromatic carbocycles. The van der Waals surface area contributed by atoms with Crippen molar-refractivity contribution in [2.24, 2.45) is 7.05 Å². The first-order valence-electron chi connectivity index (χ1n) is 7.65. The van der Waals surface area contributed by atoms with Crippen molar-refractivity contribution in [2.45, 2.75) is 20.6 Å². The number of aryl methyl sites for hydroxylation is 3. The third-order valence-corrected chi connectivity index (χ3v) is 4.15. The van der Waals surface area contributed by atoms with E-state index in [0.29, 0.717) is 15.9 Å². The van der Waals surface area contributed by atoms with Gasteiger partial charge in [0.25, 0.3) is 5.91 Å². The van der Waals surface area contributed by atoms with Crippen LogP contribution in [-0.2, 0) is 13.8 Å². The highest BCUT2D eigenvalue weighted by Gasteiger charge is 2.15. The summed E-state index contributed by atoms with van der Waals surface area (Å²) in [4.78, 5) is 12.2. The molecule has 0 saturated carbocycles. The quantitative estimate of drug-likeness (QED) is 0.709. The average Bonchev–Trinajstić information content (AvgIpc) is 3.12. The van der Waals surface area contributed by atoms with Gasteiger partial charge in [0.15, 0.2) is 12.4 Å². The van der Waals surface area contributed by atoms with Gasteiger partial charge in [-0.25, -0.2) is 4.68 Å². The molecule has 0 saturated heterocycles. The first-order valence-corrected chi connectivity index (χ1v) is 8.44. The number of hydrogen-bond acceptors (Lipinski definition) is 4. The normalized spacial score (nSPS) is 10.7. The van der Waals surface area contributed by atoms with Crippen LogP contribution in [0.1, 0.15) is 21.6 Å². The van der Waals surface area contributed by atoms with E-state index in [1.54, 1.807) is 35.0 Å². The second kappa shape index (κ2) is 7.10. The third kappa shape index (κ3) is 4.08. The van der Waals surface area contributed by atoms with Crippen LogP contribution in [0.2, 0.25) is 0 Å². The van der Waals surface area contributed by atoms with Gasteiger partial charge in [-0.15, -0.1) is 0 Å². The van der Waals surface area contributed by atoms with Crippen molar-refractivity contribution in [3.05, 3.63) is 58.1 Å². The third-order valence-electron chi connectivity index (χ3n) is 3.57. The summed E-state index contributed by atoms with van der Waals surface area (Å²) >= 11 is 3.31. The number of rotatable bonds is 5. The predicted octanol–water partition coefficient (Wildman–Crippen LogP) is 3.28. The van der Waals surface area contributed by atoms with E-state index in [1.165, 1.54) is 5.56 Å². The van der Waals surface area contributed by atoms with Gasteiger partial charge in [0.2, 0.25) is 0 Å². The molecule has 0 aliphatic carbocycles. The summed E-state index contributed by atoms with van der Waals surface area (Å²) in [7, 11) is 1.75. The van der Waals surface area contributed by atoms with Gasteiger partial charge in [-0.2, -0.15) is 10.2 Å². The molecule has 0 unspecified atom stereocenters. The standard InChI is InChI=1S/C17H18BrN5O2/c1-11-4-5-15(12(2)6-11)25-10-23-8-13(7-19-23)20-17(24)16-14(18)9-22(3)21-16/h4-9H,10H2,1-3H3,(H,20,24). The van der Waals surface area contributed by atoms with E-state index in [2.05, 4.69) is 37.5 Å². The fourth-order valence-electron chi connectivity index (χ4n) is 2.40. The Kier molecular flexibility index (Phi) is 4.89. The first kappa shape index (κ1) is 17.2. The van der Waals surface area contributed by atoms with Crippen LogP contribution >= 0.6 is 15.9 Å². The summed E-state index contributed by atoms with van der Waals surface area (Å²) in [6.45, 7) is 4.30. The molecular weight excluding hydrogens is 386 g/mol. The molecule has 2 aromatic heterocycles. The topological polar surface area (TPSA) is 74.0 Å². The SMILES string of the molecule is Cc1ccc(OCn2cc(NC(=O)c3nn(C)cc3Br)cn2)c(C)c1. The van der Waals surface area contributed by atoms with Gasteiger partial charge in [-0.3, -0.25) is 9.48 Å². The maximum atomic E-state index is 12.2. The molecule has 0 bridgehead atoms. The van der Waals surface area contributed by atoms with Crippen LogP contribution in [0.25, 0.3) is 0 Å². The second-order valence-corrected chi connectivity index (χ2v) is 6.62. The molecule has 8 heteroatoms. The molecule has 0 radical (unpaired) electrons. The maximum Gasteiger partial charge on any atom is 0.277 e. The highest BCUT2D eigenvalue weighted by Crippen LogP contribution is 2.19. The number of nitrogens with zero attached hydrogens (tertiary/aromatic N) is 4. The van der Waals surface area contributed by atoms with Gasteiger partial charge in [0, 0.05) is 13.2 Å². The Hall–Kier alpha value is -2.61. The van der Waals surface area contributed by atoms with E-state index in [0.717, 1.165) is 11.3 Å². The molecule has 0 aliphatic rings. The number of carbonyl (C=O) groups is 1. The molecule has 1 amide bonds. The Morgan fingerprint density at radius 1 is 1.32 bits per heavy atom. The molecule has 0 aliphatic heterocycles. The first-order chi connectivity index (χ1) is 11.9. The number of halogens is 1. The van der Waals surface area contributed by atoms with E-state index in [-0.39, 0.29) is 12.6 Å². The zero-order valence-electron chi connectivity index (χ0n) is 14.2. The summed E-state index contributed by atoms with van der Waals surface area (Å²) in [5, 5.41) is 11.1. The van der Waals surface area contributed by atoms with Gasteiger partial charge < -0.3 is 10.1 Å². The lowest BCUT2D eigenvalue weighted by atomic mass is 10.1. The number of carbonyl (C=O) groups excluding carboxylic acids is 1. The Morgan fingerprint density at radius 2 is 2.12 bits per heavy atom. The van der Waals surface area contributed by atoms with Crippen molar-refractivity contribution in [1.82, 2.24) is 19.6 Å². The maximum absolute atomic E-state index is 12.2. The largest absolute Gasteiger partial charge is 0.471 e. The summed E-state index contributed by atoms with van der Waals surface area (Å²) < 4.78 is 9.59. The van der Waals surface area contributed by atoms with Crippen molar-refractivity contribution in [2.75, 3.05) is 5.32 Å². The van der Waals surface area contributed by atoms with Crippen molar-refractivity contribution >= 4 is 27.5 Å². The van der Waals surface area contributed by atoms with Crippen LogP contribution in [0.3, 0.4) is 0 Å². The smallest absolute Gasteiger partial charge is 0.277 e. The summed E-state index contributed by atoms with van der Waals surface area (Å²) in [6, 6.07) is 6.01. The number of amides is 1. The number of ether oxygens (including phenoxy) is 1. The number of hydrogen-bond donors (Lipinski definition) is 1. The lowest BCUT2D eigenvalue weighted by molar-refractivity contribution is 0.102. The number of anilines is 1. The molecule has 0 fully saturated rings. The number of nitrogens with one attached hydrogen (secondary N) is 1. The van der Waals surface area contributed by atoms with E-state index in [4.69, 9.17) is 4.74 Å². The van der Waals surface area contributed by atoms with E-state index in [9.17, 15) is 4.79 Å². The molecule has 7 nitrogen and oxygen atoms in total. The van der Waals surface area contributed by atoms with E-state index < -0.39 is 0 Å². The molecule has 25 heavy (non-hydrogen) atoms. The Morgan fingerprint density at radius 3 is 2.80 bits per heavy atom. The van der Waals surface area contributed by atoms with Crippen LogP contribution in [0.4, 0.5) is 5.69 Å². The van der Waals surface area contributed by atoms with Crippen LogP contribution in [0.5, 0.6) is 5.75 Å². The van der Waals surface area contributed by atoms with Crippen LogP contribution in [0.15, 0.2) is 41.3 Å². The Labute approximate surface area is 153 Å². The minimum atomic E-state index is -0.303. The molecule has 130 valence electrons. The van der Waals surface area contributed by atoms with Crippen LogP contribution in [-0.4, -0.2) is 25.5 Å². The van der Waals surface area contributed by atoms with Crippen LogP contribution < -0.4 is 10.1 Å². The van der Waals surface area contributed by atoms with E-state index >= 15 is 0 Å². The average molecular weight is 404 g/mol. The van der Waals surface area contributed by atoms with Gasteiger partial charge in [0.1, 0.15) is 5.75 Å². The van der Waals surface area contributed by atoms with Crippen molar-refractivity contribution < 1.29 is 9.53 Å². The number of benzene rings is 1. The van der Waals surface area contributed by atoms with Gasteiger partial charge >= 0.3 is 0 Å². The zero-order chi connectivity index (χ0) is 18.0. The van der Waals surface area contributed by atoms with Crippen LogP contribution in [0, 0.1) is 13.8 Å². The highest BCUT2D eigenvalue weighted by atomic mass is 79.9. The summed E-state index contributed by atoms with van der Waals surface area (Å²) in [5.74, 6) is 0.506. The highest BCUT2D eigenvalue weighted by molar-refractivity contribution is 9.10.